The Morgan fingerprint density at radius 3 is 2.50 bits per heavy atom. The van der Waals surface area contributed by atoms with Crippen molar-refractivity contribution in [1.82, 2.24) is 15.5 Å². The molecular formula is C14H19N3O. The first kappa shape index (κ1) is 11.7. The lowest BCUT2D eigenvalue weighted by molar-refractivity contribution is 0.0665. The first-order chi connectivity index (χ1) is 8.79. The molecule has 2 aliphatic heterocycles. The van der Waals surface area contributed by atoms with Gasteiger partial charge in [-0.25, -0.2) is 0 Å². The van der Waals surface area contributed by atoms with E-state index in [9.17, 15) is 4.79 Å². The Morgan fingerprint density at radius 2 is 1.89 bits per heavy atom. The summed E-state index contributed by atoms with van der Waals surface area (Å²) in [6.07, 6.45) is 2.08. The van der Waals surface area contributed by atoms with Gasteiger partial charge in [-0.1, -0.05) is 18.2 Å². The Labute approximate surface area is 107 Å². The van der Waals surface area contributed by atoms with Gasteiger partial charge in [0.1, 0.15) is 0 Å². The van der Waals surface area contributed by atoms with E-state index in [0.29, 0.717) is 0 Å². The Bertz CT molecular complexity index is 416. The minimum Gasteiger partial charge on any atom is -0.339 e. The zero-order valence-corrected chi connectivity index (χ0v) is 10.5. The average molecular weight is 245 g/mol. The molecule has 1 aromatic rings. The molecule has 0 saturated carbocycles. The van der Waals surface area contributed by atoms with Crippen LogP contribution >= 0.6 is 0 Å². The largest absolute Gasteiger partial charge is 0.339 e. The zero-order chi connectivity index (χ0) is 12.4. The maximum Gasteiger partial charge on any atom is 0.253 e. The molecule has 0 unspecified atom stereocenters. The lowest BCUT2D eigenvalue weighted by Crippen LogP contribution is -2.53. The topological polar surface area (TPSA) is 44.4 Å². The molecule has 2 N–H and O–H groups in total. The smallest absolute Gasteiger partial charge is 0.253 e. The van der Waals surface area contributed by atoms with E-state index in [1.54, 1.807) is 0 Å². The molecule has 18 heavy (non-hydrogen) atoms. The molecule has 3 rings (SSSR count). The summed E-state index contributed by atoms with van der Waals surface area (Å²) in [6, 6.07) is 9.56. The summed E-state index contributed by atoms with van der Waals surface area (Å²) in [5.74, 6) is 0.163. The second-order valence-corrected chi connectivity index (χ2v) is 5.22. The van der Waals surface area contributed by atoms with E-state index in [2.05, 4.69) is 10.6 Å². The normalized spacial score (nSPS) is 22.3. The van der Waals surface area contributed by atoms with Gasteiger partial charge in [-0.3, -0.25) is 10.1 Å². The first-order valence-corrected chi connectivity index (χ1v) is 6.59. The molecule has 2 fully saturated rings. The summed E-state index contributed by atoms with van der Waals surface area (Å²) in [5.41, 5.74) is 1.03. The molecule has 96 valence electrons. The van der Waals surface area contributed by atoms with Crippen molar-refractivity contribution in [3.63, 3.8) is 0 Å². The van der Waals surface area contributed by atoms with Crippen molar-refractivity contribution in [2.75, 3.05) is 26.3 Å². The fourth-order valence-corrected chi connectivity index (χ4v) is 2.87. The molecule has 1 spiro atoms. The Balaban J connectivity index is 1.64. The SMILES string of the molecule is O=C(c1ccccc1)N1CCC2(CC1)CNCN2. The van der Waals surface area contributed by atoms with Crippen LogP contribution in [0.15, 0.2) is 30.3 Å². The van der Waals surface area contributed by atoms with Crippen molar-refractivity contribution in [3.8, 4) is 0 Å². The molecule has 0 atom stereocenters. The number of carbonyl (C=O) groups is 1. The van der Waals surface area contributed by atoms with Crippen molar-refractivity contribution < 1.29 is 4.79 Å². The number of carbonyl (C=O) groups excluding carboxylic acids is 1. The van der Waals surface area contributed by atoms with Gasteiger partial charge >= 0.3 is 0 Å². The second kappa shape index (κ2) is 4.71. The van der Waals surface area contributed by atoms with Gasteiger partial charge in [-0.2, -0.15) is 0 Å². The number of hydrogen-bond acceptors (Lipinski definition) is 3. The third-order valence-corrected chi connectivity index (χ3v) is 4.08. The third-order valence-electron chi connectivity index (χ3n) is 4.08. The molecule has 1 amide bonds. The van der Waals surface area contributed by atoms with Gasteiger partial charge in [0.15, 0.2) is 0 Å². The van der Waals surface area contributed by atoms with E-state index >= 15 is 0 Å². The molecule has 4 heteroatoms. The van der Waals surface area contributed by atoms with Crippen molar-refractivity contribution in [1.29, 1.82) is 0 Å². The minimum absolute atomic E-state index is 0.163. The summed E-state index contributed by atoms with van der Waals surface area (Å²) >= 11 is 0. The third kappa shape index (κ3) is 2.13. The van der Waals surface area contributed by atoms with Gasteiger partial charge in [0.2, 0.25) is 0 Å². The van der Waals surface area contributed by atoms with Crippen LogP contribution in [0.5, 0.6) is 0 Å². The van der Waals surface area contributed by atoms with E-state index in [4.69, 9.17) is 0 Å². The van der Waals surface area contributed by atoms with Crippen molar-refractivity contribution >= 4 is 5.91 Å². The number of benzene rings is 1. The fourth-order valence-electron chi connectivity index (χ4n) is 2.87. The zero-order valence-electron chi connectivity index (χ0n) is 10.5. The van der Waals surface area contributed by atoms with Crippen LogP contribution in [0.25, 0.3) is 0 Å². The van der Waals surface area contributed by atoms with Crippen LogP contribution in [0.3, 0.4) is 0 Å². The van der Waals surface area contributed by atoms with E-state index in [-0.39, 0.29) is 11.4 Å². The van der Waals surface area contributed by atoms with Crippen LogP contribution in [0, 0.1) is 0 Å². The number of nitrogens with one attached hydrogen (secondary N) is 2. The molecule has 4 nitrogen and oxygen atoms in total. The van der Waals surface area contributed by atoms with Crippen molar-refractivity contribution in [2.24, 2.45) is 0 Å². The number of amides is 1. The molecule has 2 aliphatic rings. The van der Waals surface area contributed by atoms with E-state index < -0.39 is 0 Å². The quantitative estimate of drug-likeness (QED) is 0.769. The Hall–Kier alpha value is -1.39. The Kier molecular flexibility index (Phi) is 3.06. The number of piperidine rings is 1. The van der Waals surface area contributed by atoms with Crippen LogP contribution in [0.1, 0.15) is 23.2 Å². The first-order valence-electron chi connectivity index (χ1n) is 6.59. The minimum atomic E-state index is 0.163. The van der Waals surface area contributed by atoms with Crippen LogP contribution < -0.4 is 10.6 Å². The predicted octanol–water partition coefficient (Wildman–Crippen LogP) is 0.812. The maximum atomic E-state index is 12.3. The van der Waals surface area contributed by atoms with Crippen LogP contribution in [-0.4, -0.2) is 42.6 Å². The second-order valence-electron chi connectivity index (χ2n) is 5.22. The molecule has 0 radical (unpaired) electrons. The fraction of sp³-hybridized carbons (Fsp3) is 0.500. The molecule has 0 bridgehead atoms. The van der Waals surface area contributed by atoms with Gasteiger partial charge in [-0.15, -0.1) is 0 Å². The van der Waals surface area contributed by atoms with Gasteiger partial charge in [-0.05, 0) is 25.0 Å². The summed E-state index contributed by atoms with van der Waals surface area (Å²) < 4.78 is 0. The van der Waals surface area contributed by atoms with Gasteiger partial charge < -0.3 is 10.2 Å². The number of hydrogen-bond donors (Lipinski definition) is 2. The standard InChI is InChI=1S/C14H19N3O/c18-13(12-4-2-1-3-5-12)17-8-6-14(7-9-17)10-15-11-16-14/h1-5,15-16H,6-11H2. The van der Waals surface area contributed by atoms with Gasteiger partial charge in [0, 0.05) is 37.4 Å². The lowest BCUT2D eigenvalue weighted by Gasteiger charge is -2.39. The van der Waals surface area contributed by atoms with Gasteiger partial charge in [0.05, 0.1) is 0 Å². The Morgan fingerprint density at radius 1 is 1.17 bits per heavy atom. The average Bonchev–Trinajstić information content (AvgIpc) is 2.88. The predicted molar refractivity (Wildman–Crippen MR) is 70.3 cm³/mol. The van der Waals surface area contributed by atoms with Crippen LogP contribution in [0.4, 0.5) is 0 Å². The highest BCUT2D eigenvalue weighted by Gasteiger charge is 2.37. The van der Waals surface area contributed by atoms with Crippen molar-refractivity contribution in [2.45, 2.75) is 18.4 Å². The lowest BCUT2D eigenvalue weighted by atomic mass is 9.88. The summed E-state index contributed by atoms with van der Waals surface area (Å²) in [4.78, 5) is 14.3. The molecule has 0 aliphatic carbocycles. The van der Waals surface area contributed by atoms with Crippen LogP contribution in [-0.2, 0) is 0 Å². The van der Waals surface area contributed by atoms with E-state index in [0.717, 1.165) is 44.7 Å². The monoisotopic (exact) mass is 245 g/mol. The highest BCUT2D eigenvalue weighted by Crippen LogP contribution is 2.24. The van der Waals surface area contributed by atoms with Gasteiger partial charge in [0.25, 0.3) is 5.91 Å². The molecule has 0 aromatic heterocycles. The number of likely N-dealkylation sites (tertiary alicyclic amines) is 1. The maximum absolute atomic E-state index is 12.3. The van der Waals surface area contributed by atoms with E-state index in [1.807, 2.05) is 35.2 Å². The molecular weight excluding hydrogens is 226 g/mol. The van der Waals surface area contributed by atoms with Crippen LogP contribution in [0.2, 0.25) is 0 Å². The van der Waals surface area contributed by atoms with E-state index in [1.165, 1.54) is 0 Å². The molecule has 2 heterocycles. The van der Waals surface area contributed by atoms with Crippen molar-refractivity contribution in [3.05, 3.63) is 35.9 Å². The number of rotatable bonds is 1. The number of nitrogens with zero attached hydrogens (tertiary/aromatic N) is 1. The molecule has 2 saturated heterocycles. The summed E-state index contributed by atoms with van der Waals surface area (Å²) in [7, 11) is 0. The molecule has 1 aromatic carbocycles. The highest BCUT2D eigenvalue weighted by molar-refractivity contribution is 5.94. The summed E-state index contributed by atoms with van der Waals surface area (Å²) in [5, 5.41) is 6.87. The summed E-state index contributed by atoms with van der Waals surface area (Å²) in [6.45, 7) is 3.62. The highest BCUT2D eigenvalue weighted by atomic mass is 16.2.